The molecule has 0 bridgehead atoms. The van der Waals surface area contributed by atoms with Gasteiger partial charge in [0.15, 0.2) is 0 Å². The zero-order chi connectivity index (χ0) is 16.3. The van der Waals surface area contributed by atoms with Crippen LogP contribution in [-0.2, 0) is 4.74 Å². The highest BCUT2D eigenvalue weighted by atomic mass is 16.5. The summed E-state index contributed by atoms with van der Waals surface area (Å²) in [6.07, 6.45) is 0. The maximum atomic E-state index is 11.7. The van der Waals surface area contributed by atoms with Gasteiger partial charge in [0.2, 0.25) is 0 Å². The van der Waals surface area contributed by atoms with E-state index >= 15 is 0 Å². The Hall–Kier alpha value is -2.27. The van der Waals surface area contributed by atoms with Gasteiger partial charge in [0, 0.05) is 24.1 Å². The Bertz CT molecular complexity index is 677. The van der Waals surface area contributed by atoms with Crippen LogP contribution in [0.2, 0.25) is 0 Å². The molecule has 0 aliphatic rings. The monoisotopic (exact) mass is 302 g/mol. The number of rotatable bonds is 6. The van der Waals surface area contributed by atoms with Crippen LogP contribution in [0.3, 0.4) is 0 Å². The first kappa shape index (κ1) is 16.1. The smallest absolute Gasteiger partial charge is 0.250 e. The first-order valence-corrected chi connectivity index (χ1v) is 7.14. The minimum atomic E-state index is -0.426. The highest BCUT2D eigenvalue weighted by Gasteiger charge is 2.20. The zero-order valence-electron chi connectivity index (χ0n) is 13.4. The highest BCUT2D eigenvalue weighted by Crippen LogP contribution is 2.31. The second-order valence-electron chi connectivity index (χ2n) is 5.30. The molecule has 2 rings (SSSR count). The van der Waals surface area contributed by atoms with Crippen molar-refractivity contribution in [1.82, 2.24) is 4.57 Å². The minimum absolute atomic E-state index is 0.0827. The van der Waals surface area contributed by atoms with Crippen molar-refractivity contribution < 1.29 is 14.3 Å². The first-order chi connectivity index (χ1) is 10.5. The topological polar surface area (TPSA) is 66.5 Å². The molecule has 0 saturated heterocycles. The van der Waals surface area contributed by atoms with Crippen molar-refractivity contribution in [2.75, 3.05) is 20.8 Å². The lowest BCUT2D eigenvalue weighted by Gasteiger charge is -2.19. The van der Waals surface area contributed by atoms with Gasteiger partial charge in [-0.1, -0.05) is 12.1 Å². The quantitative estimate of drug-likeness (QED) is 0.892. The molecule has 5 heteroatoms. The second kappa shape index (κ2) is 6.66. The Kier molecular flexibility index (Phi) is 4.88. The van der Waals surface area contributed by atoms with Gasteiger partial charge in [-0.05, 0) is 32.0 Å². The molecular formula is C17H22N2O3. The fraction of sp³-hybridized carbons (Fsp3) is 0.353. The molecule has 0 spiro atoms. The van der Waals surface area contributed by atoms with Gasteiger partial charge in [0.05, 0.1) is 25.3 Å². The number of hydrogen-bond donors (Lipinski definition) is 1. The third-order valence-corrected chi connectivity index (χ3v) is 3.77. The van der Waals surface area contributed by atoms with Crippen LogP contribution in [0.5, 0.6) is 5.75 Å². The molecule has 0 saturated carbocycles. The summed E-state index contributed by atoms with van der Waals surface area (Å²) >= 11 is 0. The molecule has 0 aliphatic carbocycles. The largest absolute Gasteiger partial charge is 0.497 e. The zero-order valence-corrected chi connectivity index (χ0v) is 13.4. The number of amides is 1. The van der Waals surface area contributed by atoms with Crippen LogP contribution in [0.4, 0.5) is 0 Å². The Morgan fingerprint density at radius 1 is 1.32 bits per heavy atom. The highest BCUT2D eigenvalue weighted by molar-refractivity contribution is 5.95. The van der Waals surface area contributed by atoms with E-state index in [0.717, 1.165) is 22.7 Å². The number of nitrogens with two attached hydrogens (primary N) is 1. The molecule has 1 heterocycles. The maximum absolute atomic E-state index is 11.7. The average molecular weight is 302 g/mol. The molecule has 2 aromatic rings. The average Bonchev–Trinajstić information content (AvgIpc) is 2.85. The third-order valence-electron chi connectivity index (χ3n) is 3.77. The van der Waals surface area contributed by atoms with E-state index in [2.05, 4.69) is 4.57 Å². The lowest BCUT2D eigenvalue weighted by Crippen LogP contribution is -2.16. The molecule has 1 atom stereocenters. The van der Waals surface area contributed by atoms with Crippen LogP contribution in [0.25, 0.3) is 11.3 Å². The number of ether oxygens (including phenoxy) is 2. The van der Waals surface area contributed by atoms with Gasteiger partial charge in [0.25, 0.3) is 5.91 Å². The van der Waals surface area contributed by atoms with Crippen molar-refractivity contribution in [2.45, 2.75) is 19.9 Å². The summed E-state index contributed by atoms with van der Waals surface area (Å²) < 4.78 is 12.6. The summed E-state index contributed by atoms with van der Waals surface area (Å²) in [6.45, 7) is 4.49. The van der Waals surface area contributed by atoms with Crippen molar-refractivity contribution in [3.8, 4) is 17.0 Å². The van der Waals surface area contributed by atoms with Crippen LogP contribution in [0.1, 0.15) is 29.0 Å². The molecule has 22 heavy (non-hydrogen) atoms. The molecule has 1 aromatic carbocycles. The Morgan fingerprint density at radius 3 is 2.64 bits per heavy atom. The lowest BCUT2D eigenvalue weighted by molar-refractivity contribution is 0.0999. The van der Waals surface area contributed by atoms with E-state index in [4.69, 9.17) is 15.2 Å². The Labute approximate surface area is 130 Å². The summed E-state index contributed by atoms with van der Waals surface area (Å²) in [6, 6.07) is 9.65. The fourth-order valence-corrected chi connectivity index (χ4v) is 2.76. The summed E-state index contributed by atoms with van der Waals surface area (Å²) in [7, 11) is 3.29. The van der Waals surface area contributed by atoms with Crippen molar-refractivity contribution >= 4 is 5.91 Å². The van der Waals surface area contributed by atoms with Crippen LogP contribution in [0, 0.1) is 6.92 Å². The number of benzene rings is 1. The fourth-order valence-electron chi connectivity index (χ4n) is 2.76. The van der Waals surface area contributed by atoms with E-state index in [0.29, 0.717) is 12.2 Å². The number of carbonyl (C=O) groups is 1. The van der Waals surface area contributed by atoms with Gasteiger partial charge in [-0.3, -0.25) is 4.79 Å². The van der Waals surface area contributed by atoms with E-state index in [1.54, 1.807) is 14.2 Å². The van der Waals surface area contributed by atoms with Gasteiger partial charge in [-0.15, -0.1) is 0 Å². The normalized spacial score (nSPS) is 12.2. The van der Waals surface area contributed by atoms with E-state index in [9.17, 15) is 4.79 Å². The predicted octanol–water partition coefficient (Wildman–Crippen LogP) is 2.78. The van der Waals surface area contributed by atoms with Gasteiger partial charge in [-0.2, -0.15) is 0 Å². The molecule has 1 aromatic heterocycles. The molecule has 2 N–H and O–H groups in total. The Balaban J connectivity index is 2.62. The van der Waals surface area contributed by atoms with Gasteiger partial charge in [0.1, 0.15) is 5.75 Å². The van der Waals surface area contributed by atoms with Crippen LogP contribution in [0.15, 0.2) is 30.3 Å². The molecule has 0 radical (unpaired) electrons. The maximum Gasteiger partial charge on any atom is 0.250 e. The van der Waals surface area contributed by atoms with Crippen LogP contribution >= 0.6 is 0 Å². The van der Waals surface area contributed by atoms with E-state index in [-0.39, 0.29) is 6.04 Å². The minimum Gasteiger partial charge on any atom is -0.497 e. The van der Waals surface area contributed by atoms with Gasteiger partial charge in [-0.25, -0.2) is 0 Å². The standard InChI is InChI=1S/C17H22N2O3/c1-11(10-21-3)19-12(2)15(17(18)20)9-16(19)13-6-5-7-14(8-13)22-4/h5-9,11H,10H2,1-4H3,(H2,18,20). The summed E-state index contributed by atoms with van der Waals surface area (Å²) in [5, 5.41) is 0. The third kappa shape index (κ3) is 2.99. The van der Waals surface area contributed by atoms with Crippen molar-refractivity contribution in [3.05, 3.63) is 41.6 Å². The van der Waals surface area contributed by atoms with Crippen molar-refractivity contribution in [3.63, 3.8) is 0 Å². The van der Waals surface area contributed by atoms with E-state index in [1.165, 1.54) is 0 Å². The number of primary amides is 1. The SMILES string of the molecule is COCC(C)n1c(-c2cccc(OC)c2)cc(C(N)=O)c1C. The molecule has 1 unspecified atom stereocenters. The molecule has 0 fully saturated rings. The predicted molar refractivity (Wildman–Crippen MR) is 86.3 cm³/mol. The van der Waals surface area contributed by atoms with Crippen molar-refractivity contribution in [1.29, 1.82) is 0 Å². The molecular weight excluding hydrogens is 280 g/mol. The second-order valence-corrected chi connectivity index (χ2v) is 5.30. The van der Waals surface area contributed by atoms with Gasteiger partial charge < -0.3 is 19.8 Å². The summed E-state index contributed by atoms with van der Waals surface area (Å²) in [5.74, 6) is 0.341. The Morgan fingerprint density at radius 2 is 2.05 bits per heavy atom. The van der Waals surface area contributed by atoms with Crippen molar-refractivity contribution in [2.24, 2.45) is 5.73 Å². The number of nitrogens with zero attached hydrogens (tertiary/aromatic N) is 1. The lowest BCUT2D eigenvalue weighted by atomic mass is 10.1. The molecule has 118 valence electrons. The van der Waals surface area contributed by atoms with Crippen LogP contribution in [-0.4, -0.2) is 31.3 Å². The summed E-state index contributed by atoms with van der Waals surface area (Å²) in [4.78, 5) is 11.7. The van der Waals surface area contributed by atoms with Gasteiger partial charge >= 0.3 is 0 Å². The molecule has 1 amide bonds. The molecule has 5 nitrogen and oxygen atoms in total. The number of methoxy groups -OCH3 is 2. The first-order valence-electron chi connectivity index (χ1n) is 7.14. The summed E-state index contributed by atoms with van der Waals surface area (Å²) in [5.41, 5.74) is 8.76. The number of aromatic nitrogens is 1. The van der Waals surface area contributed by atoms with E-state index in [1.807, 2.05) is 44.2 Å². The van der Waals surface area contributed by atoms with E-state index < -0.39 is 5.91 Å². The van der Waals surface area contributed by atoms with Crippen LogP contribution < -0.4 is 10.5 Å². The number of hydrogen-bond acceptors (Lipinski definition) is 3. The number of carbonyl (C=O) groups excluding carboxylic acids is 1. The molecule has 0 aliphatic heterocycles.